The zero-order valence-electron chi connectivity index (χ0n) is 16.3. The van der Waals surface area contributed by atoms with Gasteiger partial charge in [-0.3, -0.25) is 4.79 Å². The van der Waals surface area contributed by atoms with E-state index in [4.69, 9.17) is 9.47 Å². The van der Waals surface area contributed by atoms with E-state index >= 15 is 0 Å². The number of rotatable bonds is 1. The maximum absolute atomic E-state index is 12.6. The predicted octanol–water partition coefficient (Wildman–Crippen LogP) is 3.84. The summed E-state index contributed by atoms with van der Waals surface area (Å²) in [5, 5.41) is 0.868. The summed E-state index contributed by atoms with van der Waals surface area (Å²) >= 11 is 1.57. The van der Waals surface area contributed by atoms with Crippen LogP contribution in [-0.4, -0.2) is 42.3 Å². The lowest BCUT2D eigenvalue weighted by molar-refractivity contribution is -0.113. The summed E-state index contributed by atoms with van der Waals surface area (Å²) in [4.78, 5) is 20.1. The fraction of sp³-hybridized carbons (Fsp3) is 0.545. The molecule has 5 rings (SSSR count). The molecule has 0 radical (unpaired) electrons. The van der Waals surface area contributed by atoms with Crippen LogP contribution in [0.15, 0.2) is 39.7 Å². The Bertz CT molecular complexity index is 849. The Labute approximate surface area is 170 Å². The molecule has 6 heteroatoms. The van der Waals surface area contributed by atoms with Crippen LogP contribution in [0.25, 0.3) is 0 Å². The van der Waals surface area contributed by atoms with Crippen molar-refractivity contribution in [3.63, 3.8) is 0 Å². The number of ether oxygens (including phenoxy) is 2. The zero-order chi connectivity index (χ0) is 19.1. The van der Waals surface area contributed by atoms with Gasteiger partial charge in [-0.1, -0.05) is 29.8 Å². The molecule has 1 spiro atoms. The van der Waals surface area contributed by atoms with E-state index in [0.29, 0.717) is 12.5 Å². The van der Waals surface area contributed by atoms with Crippen LogP contribution in [0.3, 0.4) is 0 Å². The van der Waals surface area contributed by atoms with E-state index < -0.39 is 0 Å². The normalized spacial score (nSPS) is 26.5. The highest BCUT2D eigenvalue weighted by Crippen LogP contribution is 2.45. The SMILES string of the molecule is C/C(=C1/SC(N2CCC3(CC2)OCc2ccccc23)=NC1=O)C1CCOCC1. The Balaban J connectivity index is 1.28. The predicted molar refractivity (Wildman–Crippen MR) is 110 cm³/mol. The number of allylic oxidation sites excluding steroid dienone is 1. The smallest absolute Gasteiger partial charge is 0.286 e. The van der Waals surface area contributed by atoms with Crippen molar-refractivity contribution in [1.29, 1.82) is 0 Å². The summed E-state index contributed by atoms with van der Waals surface area (Å²) in [6, 6.07) is 8.57. The monoisotopic (exact) mass is 398 g/mol. The van der Waals surface area contributed by atoms with Gasteiger partial charge in [-0.05, 0) is 61.4 Å². The van der Waals surface area contributed by atoms with Gasteiger partial charge in [-0.2, -0.15) is 4.99 Å². The summed E-state index contributed by atoms with van der Waals surface area (Å²) < 4.78 is 11.7. The van der Waals surface area contributed by atoms with Crippen LogP contribution in [-0.2, 0) is 26.5 Å². The minimum Gasteiger partial charge on any atom is -0.381 e. The van der Waals surface area contributed by atoms with Gasteiger partial charge < -0.3 is 14.4 Å². The molecule has 5 nitrogen and oxygen atoms in total. The van der Waals surface area contributed by atoms with Gasteiger partial charge in [0.15, 0.2) is 5.17 Å². The molecule has 148 valence electrons. The number of likely N-dealkylation sites (tertiary alicyclic amines) is 1. The van der Waals surface area contributed by atoms with Crippen molar-refractivity contribution in [2.45, 2.75) is 44.8 Å². The first-order chi connectivity index (χ1) is 13.7. The first-order valence-corrected chi connectivity index (χ1v) is 11.0. The van der Waals surface area contributed by atoms with E-state index in [-0.39, 0.29) is 11.5 Å². The van der Waals surface area contributed by atoms with Crippen LogP contribution in [0.1, 0.15) is 43.7 Å². The molecule has 0 N–H and O–H groups in total. The molecule has 0 saturated carbocycles. The summed E-state index contributed by atoms with van der Waals surface area (Å²) in [6.45, 7) is 6.13. The molecule has 4 aliphatic heterocycles. The van der Waals surface area contributed by atoms with Gasteiger partial charge in [-0.25, -0.2) is 0 Å². The first-order valence-electron chi connectivity index (χ1n) is 10.2. The van der Waals surface area contributed by atoms with Crippen molar-refractivity contribution in [2.24, 2.45) is 10.9 Å². The number of fused-ring (bicyclic) bond motifs is 2. The second-order valence-electron chi connectivity index (χ2n) is 8.13. The molecule has 0 atom stereocenters. The third-order valence-electron chi connectivity index (χ3n) is 6.63. The maximum Gasteiger partial charge on any atom is 0.286 e. The van der Waals surface area contributed by atoms with Gasteiger partial charge in [0.05, 0.1) is 17.1 Å². The lowest BCUT2D eigenvalue weighted by atomic mass is 9.84. The van der Waals surface area contributed by atoms with Crippen molar-refractivity contribution in [1.82, 2.24) is 4.90 Å². The van der Waals surface area contributed by atoms with Crippen LogP contribution in [0, 0.1) is 5.92 Å². The number of piperidine rings is 1. The summed E-state index contributed by atoms with van der Waals surface area (Å²) in [7, 11) is 0. The summed E-state index contributed by atoms with van der Waals surface area (Å²) in [5.41, 5.74) is 3.70. The number of benzene rings is 1. The number of amidine groups is 1. The van der Waals surface area contributed by atoms with E-state index in [1.165, 1.54) is 16.7 Å². The Hall–Kier alpha value is -1.63. The third kappa shape index (κ3) is 3.11. The summed E-state index contributed by atoms with van der Waals surface area (Å²) in [6.07, 6.45) is 3.88. The number of aliphatic imine (C=N–C) groups is 1. The van der Waals surface area contributed by atoms with E-state index in [1.54, 1.807) is 11.8 Å². The molecular weight excluding hydrogens is 372 g/mol. The molecule has 0 aromatic heterocycles. The van der Waals surface area contributed by atoms with Gasteiger partial charge in [-0.15, -0.1) is 0 Å². The molecule has 2 fully saturated rings. The molecule has 1 aromatic carbocycles. The number of amides is 1. The molecule has 0 unspecified atom stereocenters. The Morgan fingerprint density at radius 3 is 2.75 bits per heavy atom. The average Bonchev–Trinajstić information content (AvgIpc) is 3.30. The van der Waals surface area contributed by atoms with Gasteiger partial charge in [0.1, 0.15) is 0 Å². The number of carbonyl (C=O) groups is 1. The van der Waals surface area contributed by atoms with Crippen molar-refractivity contribution >= 4 is 22.8 Å². The van der Waals surface area contributed by atoms with Gasteiger partial charge in [0.2, 0.25) is 0 Å². The highest BCUT2D eigenvalue weighted by Gasteiger charge is 2.43. The number of hydrogen-bond acceptors (Lipinski definition) is 5. The van der Waals surface area contributed by atoms with Gasteiger partial charge >= 0.3 is 0 Å². The molecular formula is C22H26N2O3S. The Morgan fingerprint density at radius 1 is 1.21 bits per heavy atom. The number of thioether (sulfide) groups is 1. The third-order valence-corrected chi connectivity index (χ3v) is 7.86. The fourth-order valence-electron chi connectivity index (χ4n) is 4.85. The van der Waals surface area contributed by atoms with Gasteiger partial charge in [0, 0.05) is 26.3 Å². The molecule has 0 bridgehead atoms. The van der Waals surface area contributed by atoms with Gasteiger partial charge in [0.25, 0.3) is 5.91 Å². The zero-order valence-corrected chi connectivity index (χ0v) is 17.1. The van der Waals surface area contributed by atoms with Crippen molar-refractivity contribution < 1.29 is 14.3 Å². The van der Waals surface area contributed by atoms with Crippen LogP contribution in [0.2, 0.25) is 0 Å². The molecule has 1 amide bonds. The molecule has 1 aromatic rings. The lowest BCUT2D eigenvalue weighted by Gasteiger charge is -2.39. The van der Waals surface area contributed by atoms with Crippen molar-refractivity contribution in [2.75, 3.05) is 26.3 Å². The second-order valence-corrected chi connectivity index (χ2v) is 9.11. The quantitative estimate of drug-likeness (QED) is 0.673. The van der Waals surface area contributed by atoms with Crippen LogP contribution in [0.4, 0.5) is 0 Å². The molecule has 4 aliphatic rings. The standard InChI is InChI=1S/C22H26N2O3S/c1-15(16-6-12-26-13-7-16)19-20(25)23-21(28-19)24-10-8-22(9-11-24)18-5-3-2-4-17(18)14-27-22/h2-5,16H,6-14H2,1H3/b19-15-. The van der Waals surface area contributed by atoms with Crippen LogP contribution in [0.5, 0.6) is 0 Å². The minimum atomic E-state index is -0.155. The second kappa shape index (κ2) is 7.32. The Kier molecular flexibility index (Phi) is 4.81. The average molecular weight is 399 g/mol. The van der Waals surface area contributed by atoms with E-state index in [0.717, 1.165) is 62.1 Å². The van der Waals surface area contributed by atoms with E-state index in [2.05, 4.69) is 41.1 Å². The van der Waals surface area contributed by atoms with E-state index in [1.807, 2.05) is 0 Å². The lowest BCUT2D eigenvalue weighted by Crippen LogP contribution is -2.44. The number of nitrogens with zero attached hydrogens (tertiary/aromatic N) is 2. The minimum absolute atomic E-state index is 0.0632. The molecule has 28 heavy (non-hydrogen) atoms. The molecule has 2 saturated heterocycles. The molecule has 0 aliphatic carbocycles. The number of carbonyl (C=O) groups excluding carboxylic acids is 1. The Morgan fingerprint density at radius 2 is 1.96 bits per heavy atom. The van der Waals surface area contributed by atoms with Crippen molar-refractivity contribution in [3.05, 3.63) is 45.9 Å². The van der Waals surface area contributed by atoms with Crippen LogP contribution >= 0.6 is 11.8 Å². The highest BCUT2D eigenvalue weighted by molar-refractivity contribution is 8.18. The van der Waals surface area contributed by atoms with Crippen LogP contribution < -0.4 is 0 Å². The fourth-order valence-corrected chi connectivity index (χ4v) is 5.94. The summed E-state index contributed by atoms with van der Waals surface area (Å²) in [5.74, 6) is 0.384. The molecule has 4 heterocycles. The van der Waals surface area contributed by atoms with Crippen molar-refractivity contribution in [3.8, 4) is 0 Å². The topological polar surface area (TPSA) is 51.1 Å². The number of hydrogen-bond donors (Lipinski definition) is 0. The largest absolute Gasteiger partial charge is 0.381 e. The maximum atomic E-state index is 12.6. The van der Waals surface area contributed by atoms with E-state index in [9.17, 15) is 4.79 Å². The first kappa shape index (κ1) is 18.4. The highest BCUT2D eigenvalue weighted by atomic mass is 32.2.